The van der Waals surface area contributed by atoms with Crippen molar-refractivity contribution >= 4 is 17.4 Å². The highest BCUT2D eigenvalue weighted by Crippen LogP contribution is 2.31. The number of Topliss-reactive ketones (excluding diaryl/α,β-unsaturated/α-hetero) is 1. The number of aliphatic hydroxyl groups is 1. The molecule has 0 fully saturated rings. The minimum absolute atomic E-state index is 0.209. The highest BCUT2D eigenvalue weighted by molar-refractivity contribution is 6.30. The zero-order valence-electron chi connectivity index (χ0n) is 7.17. The zero-order chi connectivity index (χ0) is 9.64. The predicted molar refractivity (Wildman–Crippen MR) is 50.1 cm³/mol. The molecule has 1 atom stereocenters. The molecule has 0 saturated carbocycles. The van der Waals surface area contributed by atoms with Gasteiger partial charge >= 0.3 is 0 Å². The van der Waals surface area contributed by atoms with Gasteiger partial charge in [0.2, 0.25) is 0 Å². The van der Waals surface area contributed by atoms with E-state index in [2.05, 4.69) is 0 Å². The maximum Gasteiger partial charge on any atom is 0.194 e. The number of halogens is 1. The first-order valence-electron chi connectivity index (χ1n) is 4.06. The minimum atomic E-state index is -1.24. The van der Waals surface area contributed by atoms with Gasteiger partial charge in [-0.2, -0.15) is 0 Å². The number of fused-ring (bicyclic) bond motifs is 1. The van der Waals surface area contributed by atoms with E-state index in [1.165, 1.54) is 6.92 Å². The quantitative estimate of drug-likeness (QED) is 0.688. The molecule has 1 N–H and O–H groups in total. The van der Waals surface area contributed by atoms with Gasteiger partial charge in [0.25, 0.3) is 0 Å². The number of ketones is 1. The van der Waals surface area contributed by atoms with Crippen molar-refractivity contribution in [1.82, 2.24) is 0 Å². The predicted octanol–water partition coefficient (Wildman–Crippen LogP) is 1.83. The molecule has 0 saturated heterocycles. The Labute approximate surface area is 81.1 Å². The average Bonchev–Trinajstić information content (AvgIpc) is 2.22. The maximum atomic E-state index is 11.5. The number of rotatable bonds is 0. The Hall–Kier alpha value is -0.860. The van der Waals surface area contributed by atoms with Crippen LogP contribution < -0.4 is 0 Å². The van der Waals surface area contributed by atoms with Gasteiger partial charge in [0.15, 0.2) is 5.78 Å². The molecule has 1 aliphatic carbocycles. The van der Waals surface area contributed by atoms with Crippen LogP contribution in [0.4, 0.5) is 0 Å². The van der Waals surface area contributed by atoms with Crippen molar-refractivity contribution in [2.75, 3.05) is 0 Å². The molecule has 1 aromatic rings. The molecule has 0 spiro atoms. The van der Waals surface area contributed by atoms with Crippen LogP contribution in [-0.4, -0.2) is 16.5 Å². The molecule has 3 heteroatoms. The summed E-state index contributed by atoms with van der Waals surface area (Å²) >= 11 is 5.77. The number of carbonyl (C=O) groups is 1. The van der Waals surface area contributed by atoms with Crippen molar-refractivity contribution in [2.45, 2.75) is 18.9 Å². The van der Waals surface area contributed by atoms with Gasteiger partial charge in [0.1, 0.15) is 5.60 Å². The van der Waals surface area contributed by atoms with Crippen molar-refractivity contribution in [3.05, 3.63) is 34.3 Å². The van der Waals surface area contributed by atoms with Gasteiger partial charge in [-0.15, -0.1) is 0 Å². The Bertz CT molecular complexity index is 383. The summed E-state index contributed by atoms with van der Waals surface area (Å²) in [6, 6.07) is 5.07. The van der Waals surface area contributed by atoms with Crippen molar-refractivity contribution in [1.29, 1.82) is 0 Å². The van der Waals surface area contributed by atoms with Crippen LogP contribution in [0.2, 0.25) is 5.02 Å². The summed E-state index contributed by atoms with van der Waals surface area (Å²) in [5.41, 5.74) is 0.185. The molecule has 0 radical (unpaired) electrons. The van der Waals surface area contributed by atoms with E-state index in [0.717, 1.165) is 5.56 Å². The standard InChI is InChI=1S/C10H9ClO2/c1-10(13)5-6-4-7(11)2-3-8(6)9(10)12/h2-4,13H,5H2,1H3. The Kier molecular flexibility index (Phi) is 1.72. The first-order valence-corrected chi connectivity index (χ1v) is 4.44. The fourth-order valence-electron chi connectivity index (χ4n) is 1.67. The second kappa shape index (κ2) is 2.56. The molecule has 0 bridgehead atoms. The minimum Gasteiger partial charge on any atom is -0.382 e. The smallest absolute Gasteiger partial charge is 0.194 e. The Morgan fingerprint density at radius 2 is 2.23 bits per heavy atom. The largest absolute Gasteiger partial charge is 0.382 e. The summed E-state index contributed by atoms with van der Waals surface area (Å²) in [6.07, 6.45) is 0.363. The lowest BCUT2D eigenvalue weighted by Crippen LogP contribution is -2.31. The number of benzene rings is 1. The van der Waals surface area contributed by atoms with Crippen LogP contribution in [0.25, 0.3) is 0 Å². The first-order chi connectivity index (χ1) is 6.00. The average molecular weight is 197 g/mol. The first kappa shape index (κ1) is 8.73. The highest BCUT2D eigenvalue weighted by atomic mass is 35.5. The van der Waals surface area contributed by atoms with Gasteiger partial charge in [-0.25, -0.2) is 0 Å². The van der Waals surface area contributed by atoms with E-state index in [0.29, 0.717) is 17.0 Å². The molecule has 0 aromatic heterocycles. The second-order valence-electron chi connectivity index (χ2n) is 3.58. The third-order valence-electron chi connectivity index (χ3n) is 2.34. The van der Waals surface area contributed by atoms with Crippen LogP contribution in [0.3, 0.4) is 0 Å². The normalized spacial score (nSPS) is 26.2. The zero-order valence-corrected chi connectivity index (χ0v) is 7.93. The lowest BCUT2D eigenvalue weighted by atomic mass is 10.0. The van der Waals surface area contributed by atoms with E-state index in [9.17, 15) is 9.90 Å². The summed E-state index contributed by atoms with van der Waals surface area (Å²) in [5.74, 6) is -0.209. The number of hydrogen-bond donors (Lipinski definition) is 1. The van der Waals surface area contributed by atoms with Gasteiger partial charge < -0.3 is 5.11 Å². The molecular formula is C10H9ClO2. The lowest BCUT2D eigenvalue weighted by molar-refractivity contribution is 0.0461. The topological polar surface area (TPSA) is 37.3 Å². The van der Waals surface area contributed by atoms with E-state index in [4.69, 9.17) is 11.6 Å². The van der Waals surface area contributed by atoms with Gasteiger partial charge in [-0.3, -0.25) is 4.79 Å². The van der Waals surface area contributed by atoms with Crippen LogP contribution in [0.1, 0.15) is 22.8 Å². The van der Waals surface area contributed by atoms with E-state index >= 15 is 0 Å². The molecule has 2 nitrogen and oxygen atoms in total. The number of carbonyl (C=O) groups excluding carboxylic acids is 1. The molecule has 0 aliphatic heterocycles. The van der Waals surface area contributed by atoms with Gasteiger partial charge in [0.05, 0.1) is 0 Å². The van der Waals surface area contributed by atoms with Gasteiger partial charge in [-0.05, 0) is 30.7 Å². The highest BCUT2D eigenvalue weighted by Gasteiger charge is 2.39. The van der Waals surface area contributed by atoms with E-state index in [-0.39, 0.29) is 5.78 Å². The van der Waals surface area contributed by atoms with Crippen molar-refractivity contribution < 1.29 is 9.90 Å². The van der Waals surface area contributed by atoms with Crippen LogP contribution in [-0.2, 0) is 6.42 Å². The van der Waals surface area contributed by atoms with Crippen LogP contribution >= 0.6 is 11.6 Å². The fourth-order valence-corrected chi connectivity index (χ4v) is 1.87. The third kappa shape index (κ3) is 1.26. The summed E-state index contributed by atoms with van der Waals surface area (Å²) in [5, 5.41) is 10.3. The molecule has 1 unspecified atom stereocenters. The molecule has 13 heavy (non-hydrogen) atoms. The van der Waals surface area contributed by atoms with Crippen LogP contribution in [0.5, 0.6) is 0 Å². The van der Waals surface area contributed by atoms with E-state index in [1.807, 2.05) is 0 Å². The van der Waals surface area contributed by atoms with Gasteiger partial charge in [-0.1, -0.05) is 11.6 Å². The van der Waals surface area contributed by atoms with E-state index < -0.39 is 5.60 Å². The van der Waals surface area contributed by atoms with Crippen molar-refractivity contribution in [3.63, 3.8) is 0 Å². The summed E-state index contributed by atoms with van der Waals surface area (Å²) in [4.78, 5) is 11.5. The SMILES string of the molecule is CC1(O)Cc2cc(Cl)ccc2C1=O. The molecule has 0 heterocycles. The lowest BCUT2D eigenvalue weighted by Gasteiger charge is -2.11. The van der Waals surface area contributed by atoms with Crippen molar-refractivity contribution in [2.24, 2.45) is 0 Å². The summed E-state index contributed by atoms with van der Waals surface area (Å²) in [7, 11) is 0. The molecule has 2 rings (SSSR count). The van der Waals surface area contributed by atoms with Crippen LogP contribution in [0.15, 0.2) is 18.2 Å². The molecule has 1 aliphatic rings. The maximum absolute atomic E-state index is 11.5. The Balaban J connectivity index is 2.57. The Morgan fingerprint density at radius 3 is 2.92 bits per heavy atom. The molecule has 0 amide bonds. The van der Waals surface area contributed by atoms with Crippen LogP contribution in [0, 0.1) is 0 Å². The number of hydrogen-bond acceptors (Lipinski definition) is 2. The monoisotopic (exact) mass is 196 g/mol. The van der Waals surface area contributed by atoms with E-state index in [1.54, 1.807) is 18.2 Å². The van der Waals surface area contributed by atoms with Gasteiger partial charge in [0, 0.05) is 17.0 Å². The fraction of sp³-hybridized carbons (Fsp3) is 0.300. The molecular weight excluding hydrogens is 188 g/mol. The summed E-state index contributed by atoms with van der Waals surface area (Å²) < 4.78 is 0. The van der Waals surface area contributed by atoms with Crippen molar-refractivity contribution in [3.8, 4) is 0 Å². The summed E-state index contributed by atoms with van der Waals surface area (Å²) in [6.45, 7) is 1.53. The molecule has 68 valence electrons. The molecule has 1 aromatic carbocycles. The second-order valence-corrected chi connectivity index (χ2v) is 4.02. The Morgan fingerprint density at radius 1 is 1.54 bits per heavy atom. The third-order valence-corrected chi connectivity index (χ3v) is 2.57.